The van der Waals surface area contributed by atoms with Gasteiger partial charge in [-0.15, -0.1) is 0 Å². The van der Waals surface area contributed by atoms with Gasteiger partial charge in [-0.05, 0) is 332 Å². The van der Waals surface area contributed by atoms with Crippen molar-refractivity contribution in [3.63, 3.8) is 0 Å². The van der Waals surface area contributed by atoms with Crippen LogP contribution in [0.2, 0.25) is 0 Å². The van der Waals surface area contributed by atoms with Crippen LogP contribution in [0.25, 0.3) is 230 Å². The van der Waals surface area contributed by atoms with Crippen LogP contribution in [0.5, 0.6) is 0 Å². The van der Waals surface area contributed by atoms with Crippen molar-refractivity contribution in [2.75, 3.05) is 0 Å². The molecule has 0 amide bonds. The van der Waals surface area contributed by atoms with Crippen molar-refractivity contribution < 1.29 is 0 Å². The molecule has 0 heteroatoms. The molecular formula is C142H110. The molecular weight excluding hydrogens is 1710 g/mol. The second-order valence-corrected chi connectivity index (χ2v) is 42.6. The van der Waals surface area contributed by atoms with Gasteiger partial charge in [0.1, 0.15) is 0 Å². The fraction of sp³-hybridized carbons (Fsp3) is 0.113. The van der Waals surface area contributed by atoms with Gasteiger partial charge in [-0.25, -0.2) is 0 Å². The molecule has 3 aliphatic rings. The van der Waals surface area contributed by atoms with Gasteiger partial charge in [-0.2, -0.15) is 0 Å². The van der Waals surface area contributed by atoms with E-state index in [1.54, 1.807) is 0 Å². The maximum absolute atomic E-state index is 2.49. The minimum Gasteiger partial charge on any atom is -0.0619 e. The lowest BCUT2D eigenvalue weighted by Crippen LogP contribution is -2.14. The third-order valence-electron chi connectivity index (χ3n) is 31.9. The zero-order valence-electron chi connectivity index (χ0n) is 82.7. The molecule has 24 aromatic rings. The molecule has 0 saturated carbocycles. The quantitative estimate of drug-likeness (QED) is 0.126. The van der Waals surface area contributed by atoms with Crippen molar-refractivity contribution >= 4 is 97.0 Å². The first-order valence-corrected chi connectivity index (χ1v) is 50.5. The number of rotatable bonds is 9. The van der Waals surface area contributed by atoms with Crippen LogP contribution in [0.3, 0.4) is 0 Å². The standard InChI is InChI=1S/C49H40.C47H36.C46H34/c1-48(2,3)35-25-21-32(22-26-35)46-40-17-8-9-18-41(40)47(34-24-27-39-38-16-10-11-20-44(38)49(4,5)45(39)30-34)43-29-33(23-28-42(43)46)37-19-12-14-31-13-6-7-15-36(31)37;1-29-24-30(2)26-34(25-29)46-40-17-8-7-16-39(40)45(33-21-22-38-37-15-9-10-19-43(37)47(3,4)44(38)28-33)42-27-32(20-23-41(42)46)36-18-11-13-31-12-5-6-14-35(31)36;1-29-19-21-31(22-20-29)44-38-15-6-7-16-39(38)45(33-24-25-37-36-14-8-9-18-42(36)46(2,3)43(37)28-33)41-27-32(23-26-40(41)44)35-17-10-12-30-11-4-5-13-34(30)35/h6-30H,1-5H3;5-28H,1-4H3;4-28H,1-3H3. The first kappa shape index (κ1) is 87.1. The summed E-state index contributed by atoms with van der Waals surface area (Å²) in [6, 6.07) is 168. The zero-order chi connectivity index (χ0) is 96.3. The lowest BCUT2D eigenvalue weighted by atomic mass is 9.80. The molecule has 0 spiro atoms. The Labute approximate surface area is 833 Å². The summed E-state index contributed by atoms with van der Waals surface area (Å²) in [5, 5.41) is 23.1. The van der Waals surface area contributed by atoms with Gasteiger partial charge < -0.3 is 0 Å². The van der Waals surface area contributed by atoms with Gasteiger partial charge in [0, 0.05) is 16.2 Å². The largest absolute Gasteiger partial charge is 0.0619 e. The Bertz CT molecular complexity index is 9320. The van der Waals surface area contributed by atoms with Gasteiger partial charge in [-0.1, -0.05) is 492 Å². The smallest absolute Gasteiger partial charge is 0.0159 e. The molecule has 678 valence electrons. The van der Waals surface area contributed by atoms with Crippen LogP contribution in [0, 0.1) is 20.8 Å². The molecule has 0 unspecified atom stereocenters. The number of hydrogen-bond donors (Lipinski definition) is 0. The molecule has 0 radical (unpaired) electrons. The van der Waals surface area contributed by atoms with Gasteiger partial charge in [0.25, 0.3) is 0 Å². The molecule has 24 aromatic carbocycles. The Morgan fingerprint density at radius 3 is 0.697 bits per heavy atom. The lowest BCUT2D eigenvalue weighted by molar-refractivity contribution is 0.590. The summed E-state index contributed by atoms with van der Waals surface area (Å²) in [4.78, 5) is 0. The van der Waals surface area contributed by atoms with Gasteiger partial charge in [-0.3, -0.25) is 0 Å². The number of hydrogen-bond acceptors (Lipinski definition) is 0. The van der Waals surface area contributed by atoms with Crippen molar-refractivity contribution in [2.24, 2.45) is 0 Å². The molecule has 0 bridgehead atoms. The molecule has 0 atom stereocenters. The minimum atomic E-state index is -0.0730. The predicted octanol–water partition coefficient (Wildman–Crippen LogP) is 39.6. The van der Waals surface area contributed by atoms with Crippen molar-refractivity contribution in [2.45, 2.75) is 105 Å². The van der Waals surface area contributed by atoms with Crippen LogP contribution < -0.4 is 0 Å². The molecule has 0 aliphatic heterocycles. The fourth-order valence-electron chi connectivity index (χ4n) is 24.9. The molecule has 27 rings (SSSR count). The maximum atomic E-state index is 2.49. The lowest BCUT2D eigenvalue weighted by Gasteiger charge is -2.23. The Hall–Kier alpha value is -16.4. The normalized spacial score (nSPS) is 13.4. The zero-order valence-corrected chi connectivity index (χ0v) is 82.7. The highest BCUT2D eigenvalue weighted by Crippen LogP contribution is 2.58. The molecule has 0 fully saturated rings. The van der Waals surface area contributed by atoms with E-state index in [9.17, 15) is 0 Å². The topological polar surface area (TPSA) is 0 Å². The Kier molecular flexibility index (Phi) is 20.7. The first-order chi connectivity index (χ1) is 69.1. The Morgan fingerprint density at radius 2 is 0.380 bits per heavy atom. The maximum Gasteiger partial charge on any atom is 0.0159 e. The molecule has 0 nitrogen and oxygen atoms in total. The predicted molar refractivity (Wildman–Crippen MR) is 611 cm³/mol. The van der Waals surface area contributed by atoms with E-state index in [4.69, 9.17) is 0 Å². The van der Waals surface area contributed by atoms with Crippen molar-refractivity contribution in [1.82, 2.24) is 0 Å². The first-order valence-electron chi connectivity index (χ1n) is 50.5. The van der Waals surface area contributed by atoms with Gasteiger partial charge >= 0.3 is 0 Å². The third kappa shape index (κ3) is 14.3. The summed E-state index contributed by atoms with van der Waals surface area (Å²) in [5.41, 5.74) is 44.6. The summed E-state index contributed by atoms with van der Waals surface area (Å²) in [6.45, 7) is 27.7. The summed E-state index contributed by atoms with van der Waals surface area (Å²) in [7, 11) is 0. The van der Waals surface area contributed by atoms with Gasteiger partial charge in [0.15, 0.2) is 0 Å². The van der Waals surface area contributed by atoms with E-state index in [1.165, 1.54) is 286 Å². The van der Waals surface area contributed by atoms with E-state index in [-0.39, 0.29) is 21.7 Å². The second-order valence-electron chi connectivity index (χ2n) is 42.6. The van der Waals surface area contributed by atoms with Crippen LogP contribution in [0.4, 0.5) is 0 Å². The number of fused-ring (bicyclic) bond motifs is 18. The van der Waals surface area contributed by atoms with Crippen LogP contribution >= 0.6 is 0 Å². The van der Waals surface area contributed by atoms with E-state index < -0.39 is 0 Å². The van der Waals surface area contributed by atoms with Crippen LogP contribution in [-0.4, -0.2) is 0 Å². The van der Waals surface area contributed by atoms with Crippen molar-refractivity contribution in [3.8, 4) is 134 Å². The average Bonchev–Trinajstić information content (AvgIpc) is 1.43. The molecule has 0 heterocycles. The Morgan fingerprint density at radius 1 is 0.148 bits per heavy atom. The third-order valence-corrected chi connectivity index (χ3v) is 31.9. The second kappa shape index (κ2) is 33.7. The van der Waals surface area contributed by atoms with Crippen molar-refractivity contribution in [3.05, 3.63) is 505 Å². The highest BCUT2D eigenvalue weighted by Gasteiger charge is 2.40. The van der Waals surface area contributed by atoms with Crippen LogP contribution in [0.15, 0.2) is 449 Å². The molecule has 142 heavy (non-hydrogen) atoms. The highest BCUT2D eigenvalue weighted by molar-refractivity contribution is 6.26. The molecule has 0 aromatic heterocycles. The molecule has 0 N–H and O–H groups in total. The van der Waals surface area contributed by atoms with E-state index >= 15 is 0 Å². The summed E-state index contributed by atoms with van der Waals surface area (Å²) in [6.07, 6.45) is 0. The summed E-state index contributed by atoms with van der Waals surface area (Å²) in [5.74, 6) is 0. The van der Waals surface area contributed by atoms with E-state index in [0.717, 1.165) is 0 Å². The fourth-order valence-corrected chi connectivity index (χ4v) is 24.9. The SMILES string of the molecule is CC(C)(C)c1ccc(-c2c3ccccc3c(-c3ccc4c(c3)C(C)(C)c3ccccc3-4)c3cc(-c4cccc5ccccc45)ccc23)cc1.Cc1cc(C)cc(-c2c3ccccc3c(-c3ccc4c(c3)C(C)(C)c3ccccc3-4)c3cc(-c4cccc5ccccc45)ccc23)c1.Cc1ccc(-c2c3ccccc3c(-c3ccc4c(c3)C(C)(C)c3ccccc3-4)c3cc(-c4cccc5ccccc45)ccc23)cc1. The van der Waals surface area contributed by atoms with E-state index in [2.05, 4.69) is 532 Å². The summed E-state index contributed by atoms with van der Waals surface area (Å²) < 4.78 is 0. The summed E-state index contributed by atoms with van der Waals surface area (Å²) >= 11 is 0. The minimum absolute atomic E-state index is 0.0660. The molecule has 3 aliphatic carbocycles. The number of benzene rings is 24. The number of aryl methyl sites for hydroxylation is 3. The van der Waals surface area contributed by atoms with E-state index in [1.807, 2.05) is 0 Å². The van der Waals surface area contributed by atoms with E-state index in [0.29, 0.717) is 0 Å². The monoisotopic (exact) mass is 1810 g/mol. The average molecular weight is 1820 g/mol. The van der Waals surface area contributed by atoms with Gasteiger partial charge in [0.05, 0.1) is 0 Å². The van der Waals surface area contributed by atoms with Crippen LogP contribution in [0.1, 0.15) is 118 Å². The van der Waals surface area contributed by atoms with Crippen molar-refractivity contribution in [1.29, 1.82) is 0 Å². The molecule has 0 saturated heterocycles. The van der Waals surface area contributed by atoms with Gasteiger partial charge in [0.2, 0.25) is 0 Å². The van der Waals surface area contributed by atoms with Crippen LogP contribution in [-0.2, 0) is 21.7 Å². The highest BCUT2D eigenvalue weighted by atomic mass is 14.4. The Balaban J connectivity index is 0.000000112.